The monoisotopic (exact) mass is 382 g/mol. The molecule has 0 radical (unpaired) electrons. The first-order valence-electron chi connectivity index (χ1n) is 8.43. The maximum absolute atomic E-state index is 12.2. The Hall–Kier alpha value is -2.13. The average molecular weight is 382 g/mol. The van der Waals surface area contributed by atoms with E-state index in [0.29, 0.717) is 43.9 Å². The number of nitrogens with zero attached hydrogens (tertiary/aromatic N) is 2. The second kappa shape index (κ2) is 7.24. The van der Waals surface area contributed by atoms with E-state index in [1.807, 2.05) is 6.92 Å². The van der Waals surface area contributed by atoms with Crippen LogP contribution in [0.5, 0.6) is 0 Å². The Bertz CT molecular complexity index is 823. The van der Waals surface area contributed by atoms with Crippen molar-refractivity contribution in [2.75, 3.05) is 43.4 Å². The van der Waals surface area contributed by atoms with Crippen LogP contribution in [0.15, 0.2) is 18.2 Å². The Kier molecular flexibility index (Phi) is 5.19. The van der Waals surface area contributed by atoms with Crippen LogP contribution in [0.25, 0.3) is 0 Å². The number of sulfonamides is 1. The molecule has 8 nitrogen and oxygen atoms in total. The fraction of sp³-hybridized carbons (Fsp3) is 0.529. The highest BCUT2D eigenvalue weighted by Gasteiger charge is 2.27. The second-order valence-electron chi connectivity index (χ2n) is 6.53. The topological polar surface area (TPSA) is 93.2 Å². The minimum Gasteiger partial charge on any atom is -0.452 e. The summed E-state index contributed by atoms with van der Waals surface area (Å²) in [6.07, 6.45) is 1.66. The highest BCUT2D eigenvalue weighted by Crippen LogP contribution is 2.30. The molecule has 1 aromatic carbocycles. The Morgan fingerprint density at radius 2 is 2.08 bits per heavy atom. The molecule has 9 heteroatoms. The van der Waals surface area contributed by atoms with E-state index in [4.69, 9.17) is 9.47 Å². The van der Waals surface area contributed by atoms with Crippen LogP contribution in [0.2, 0.25) is 0 Å². The van der Waals surface area contributed by atoms with Crippen LogP contribution in [0, 0.1) is 0 Å². The molecule has 1 fully saturated rings. The first-order valence-corrected chi connectivity index (χ1v) is 10.3. The van der Waals surface area contributed by atoms with Crippen LogP contribution in [0.3, 0.4) is 0 Å². The molecule has 0 aromatic heterocycles. The summed E-state index contributed by atoms with van der Waals surface area (Å²) in [5, 5.41) is 0. The van der Waals surface area contributed by atoms with Gasteiger partial charge in [-0.25, -0.2) is 13.2 Å². The highest BCUT2D eigenvalue weighted by atomic mass is 32.2. The number of benzene rings is 1. The number of morpholine rings is 1. The number of anilines is 1. The number of rotatable bonds is 4. The minimum absolute atomic E-state index is 0.0297. The zero-order chi connectivity index (χ0) is 18.9. The molecule has 1 atom stereocenters. The van der Waals surface area contributed by atoms with Gasteiger partial charge in [-0.2, -0.15) is 0 Å². The first kappa shape index (κ1) is 18.7. The number of amides is 1. The molecule has 0 bridgehead atoms. The normalized spacial score (nSPS) is 20.0. The summed E-state index contributed by atoms with van der Waals surface area (Å²) in [5.74, 6) is -0.849. The standard InChI is InChI=1S/C17H22N2O6S/c1-12-10-18(7-8-24-12)16(20)11-25-17(21)14-3-4-15-13(9-14)5-6-19(15)26(2,22)23/h3-4,9,12H,5-8,10-11H2,1-2H3. The Morgan fingerprint density at radius 3 is 2.77 bits per heavy atom. The van der Waals surface area contributed by atoms with Gasteiger partial charge >= 0.3 is 5.97 Å². The Morgan fingerprint density at radius 1 is 1.31 bits per heavy atom. The predicted octanol–water partition coefficient (Wildman–Crippen LogP) is 0.413. The van der Waals surface area contributed by atoms with Gasteiger partial charge in [0, 0.05) is 19.6 Å². The van der Waals surface area contributed by atoms with Crippen LogP contribution in [-0.4, -0.2) is 70.4 Å². The molecule has 1 aromatic rings. The lowest BCUT2D eigenvalue weighted by molar-refractivity contribution is -0.141. The van der Waals surface area contributed by atoms with Gasteiger partial charge in [-0.1, -0.05) is 0 Å². The molecule has 2 aliphatic heterocycles. The third-order valence-electron chi connectivity index (χ3n) is 4.49. The van der Waals surface area contributed by atoms with Crippen molar-refractivity contribution >= 4 is 27.6 Å². The summed E-state index contributed by atoms with van der Waals surface area (Å²) in [4.78, 5) is 26.0. The fourth-order valence-corrected chi connectivity index (χ4v) is 4.15. The van der Waals surface area contributed by atoms with Gasteiger partial charge in [0.1, 0.15) is 0 Å². The van der Waals surface area contributed by atoms with E-state index in [-0.39, 0.29) is 18.6 Å². The largest absolute Gasteiger partial charge is 0.452 e. The molecule has 1 amide bonds. The molecule has 26 heavy (non-hydrogen) atoms. The van der Waals surface area contributed by atoms with Crippen molar-refractivity contribution in [2.45, 2.75) is 19.4 Å². The van der Waals surface area contributed by atoms with Gasteiger partial charge in [-0.3, -0.25) is 9.10 Å². The van der Waals surface area contributed by atoms with Crippen LogP contribution in [0.1, 0.15) is 22.8 Å². The van der Waals surface area contributed by atoms with Gasteiger partial charge in [0.25, 0.3) is 5.91 Å². The van der Waals surface area contributed by atoms with E-state index < -0.39 is 16.0 Å². The lowest BCUT2D eigenvalue weighted by atomic mass is 10.1. The van der Waals surface area contributed by atoms with Gasteiger partial charge < -0.3 is 14.4 Å². The van der Waals surface area contributed by atoms with Gasteiger partial charge in [-0.05, 0) is 37.1 Å². The van der Waals surface area contributed by atoms with E-state index in [1.165, 1.54) is 10.4 Å². The summed E-state index contributed by atoms with van der Waals surface area (Å²) in [6, 6.07) is 4.75. The molecule has 1 saturated heterocycles. The van der Waals surface area contributed by atoms with Crippen LogP contribution >= 0.6 is 0 Å². The van der Waals surface area contributed by atoms with Crippen molar-refractivity contribution in [3.63, 3.8) is 0 Å². The molecule has 2 heterocycles. The maximum atomic E-state index is 12.2. The first-order chi connectivity index (χ1) is 12.3. The van der Waals surface area contributed by atoms with Gasteiger partial charge in [-0.15, -0.1) is 0 Å². The summed E-state index contributed by atoms with van der Waals surface area (Å²) < 4.78 is 35.3. The molecular formula is C17H22N2O6S. The molecule has 2 aliphatic rings. The quantitative estimate of drug-likeness (QED) is 0.701. The van der Waals surface area contributed by atoms with Crippen molar-refractivity contribution in [3.05, 3.63) is 29.3 Å². The smallest absolute Gasteiger partial charge is 0.338 e. The van der Waals surface area contributed by atoms with E-state index in [1.54, 1.807) is 17.0 Å². The molecular weight excluding hydrogens is 360 g/mol. The van der Waals surface area contributed by atoms with E-state index in [0.717, 1.165) is 11.8 Å². The number of ether oxygens (including phenoxy) is 2. The van der Waals surface area contributed by atoms with Crippen molar-refractivity contribution < 1.29 is 27.5 Å². The maximum Gasteiger partial charge on any atom is 0.338 e. The van der Waals surface area contributed by atoms with Crippen molar-refractivity contribution in [3.8, 4) is 0 Å². The molecule has 0 spiro atoms. The minimum atomic E-state index is -3.33. The number of esters is 1. The van der Waals surface area contributed by atoms with Crippen molar-refractivity contribution in [1.82, 2.24) is 4.90 Å². The molecule has 0 saturated carbocycles. The van der Waals surface area contributed by atoms with Crippen LogP contribution < -0.4 is 4.31 Å². The van der Waals surface area contributed by atoms with Gasteiger partial charge in [0.2, 0.25) is 10.0 Å². The van der Waals surface area contributed by atoms with E-state index >= 15 is 0 Å². The molecule has 3 rings (SSSR count). The third kappa shape index (κ3) is 3.99. The van der Waals surface area contributed by atoms with Crippen molar-refractivity contribution in [2.24, 2.45) is 0 Å². The number of hydrogen-bond acceptors (Lipinski definition) is 6. The summed E-state index contributed by atoms with van der Waals surface area (Å²) in [5.41, 5.74) is 1.67. The number of carbonyl (C=O) groups is 2. The summed E-state index contributed by atoms with van der Waals surface area (Å²) in [6.45, 7) is 3.37. The average Bonchev–Trinajstić information content (AvgIpc) is 3.02. The van der Waals surface area contributed by atoms with Gasteiger partial charge in [0.15, 0.2) is 6.61 Å². The molecule has 0 N–H and O–H groups in total. The summed E-state index contributed by atoms with van der Waals surface area (Å²) >= 11 is 0. The fourth-order valence-electron chi connectivity index (χ4n) is 3.19. The Balaban J connectivity index is 1.62. The third-order valence-corrected chi connectivity index (χ3v) is 5.67. The number of carbonyl (C=O) groups excluding carboxylic acids is 2. The Labute approximate surface area is 152 Å². The van der Waals surface area contributed by atoms with Crippen LogP contribution in [0.4, 0.5) is 5.69 Å². The van der Waals surface area contributed by atoms with E-state index in [9.17, 15) is 18.0 Å². The van der Waals surface area contributed by atoms with E-state index in [2.05, 4.69) is 0 Å². The van der Waals surface area contributed by atoms with Crippen LogP contribution in [-0.2, 0) is 30.7 Å². The van der Waals surface area contributed by atoms with Gasteiger partial charge in [0.05, 0.1) is 30.2 Å². The number of hydrogen-bond donors (Lipinski definition) is 0. The zero-order valence-corrected chi connectivity index (χ0v) is 15.6. The summed E-state index contributed by atoms with van der Waals surface area (Å²) in [7, 11) is -3.33. The molecule has 0 aliphatic carbocycles. The zero-order valence-electron chi connectivity index (χ0n) is 14.8. The molecule has 142 valence electrons. The lowest BCUT2D eigenvalue weighted by Gasteiger charge is -2.30. The highest BCUT2D eigenvalue weighted by molar-refractivity contribution is 7.92. The molecule has 1 unspecified atom stereocenters. The van der Waals surface area contributed by atoms with Crippen molar-refractivity contribution in [1.29, 1.82) is 0 Å². The number of fused-ring (bicyclic) bond motifs is 1. The second-order valence-corrected chi connectivity index (χ2v) is 8.43. The SMILES string of the molecule is CC1CN(C(=O)COC(=O)c2ccc3c(c2)CCN3S(C)(=O)=O)CCO1. The lowest BCUT2D eigenvalue weighted by Crippen LogP contribution is -2.46. The predicted molar refractivity (Wildman–Crippen MR) is 94.6 cm³/mol.